The number of rotatable bonds is 6. The van der Waals surface area contributed by atoms with E-state index in [9.17, 15) is 5.11 Å². The van der Waals surface area contributed by atoms with Crippen LogP contribution >= 0.6 is 11.8 Å². The van der Waals surface area contributed by atoms with Crippen molar-refractivity contribution in [2.75, 3.05) is 12.3 Å². The zero-order chi connectivity index (χ0) is 10.4. The number of hydrogen-bond acceptors (Lipinski definition) is 6. The fourth-order valence-corrected chi connectivity index (χ4v) is 1.60. The van der Waals surface area contributed by atoms with Crippen molar-refractivity contribution in [3.63, 3.8) is 0 Å². The van der Waals surface area contributed by atoms with Crippen LogP contribution in [0.1, 0.15) is 31.2 Å². The lowest BCUT2D eigenvalue weighted by Gasteiger charge is -1.98. The second kappa shape index (κ2) is 6.00. The van der Waals surface area contributed by atoms with Gasteiger partial charge in [0.15, 0.2) is 5.82 Å². The molecule has 0 unspecified atom stereocenters. The third kappa shape index (κ3) is 3.28. The summed E-state index contributed by atoms with van der Waals surface area (Å²) >= 11 is 1.74. The Morgan fingerprint density at radius 3 is 3.07 bits per heavy atom. The minimum Gasteiger partial charge on any atom is -0.382 e. The molecule has 0 aliphatic carbocycles. The van der Waals surface area contributed by atoms with Gasteiger partial charge in [-0.3, -0.25) is 0 Å². The Bertz CT molecular complexity index is 267. The molecule has 80 valence electrons. The first kappa shape index (κ1) is 11.5. The molecule has 0 saturated heterocycles. The molecule has 0 saturated carbocycles. The van der Waals surface area contributed by atoms with Crippen LogP contribution < -0.4 is 5.73 Å². The Hall–Kier alpha value is -0.590. The topological polar surface area (TPSA) is 85.2 Å². The number of aliphatic hydroxyl groups is 1. The van der Waals surface area contributed by atoms with Gasteiger partial charge < -0.3 is 15.4 Å². The third-order valence-corrected chi connectivity index (χ3v) is 2.73. The molecule has 1 heterocycles. The van der Waals surface area contributed by atoms with Crippen LogP contribution in [-0.2, 0) is 5.75 Å². The summed E-state index contributed by atoms with van der Waals surface area (Å²) in [6.45, 7) is 2.22. The quantitative estimate of drug-likeness (QED) is 0.682. The van der Waals surface area contributed by atoms with Crippen molar-refractivity contribution in [1.82, 2.24) is 10.1 Å². The zero-order valence-electron chi connectivity index (χ0n) is 8.14. The van der Waals surface area contributed by atoms with Crippen LogP contribution in [0.15, 0.2) is 4.52 Å². The third-order valence-electron chi connectivity index (χ3n) is 1.57. The van der Waals surface area contributed by atoms with E-state index in [1.807, 2.05) is 0 Å². The van der Waals surface area contributed by atoms with Gasteiger partial charge in [0.25, 0.3) is 5.89 Å². The van der Waals surface area contributed by atoms with E-state index in [1.165, 1.54) is 0 Å². The highest BCUT2D eigenvalue weighted by Crippen LogP contribution is 2.13. The number of nitrogens with two attached hydrogens (primary N) is 1. The molecular formula is C8H15N3O2S. The zero-order valence-corrected chi connectivity index (χ0v) is 8.96. The second-order valence-corrected chi connectivity index (χ2v) is 3.96. The first-order valence-corrected chi connectivity index (χ1v) is 5.71. The van der Waals surface area contributed by atoms with Gasteiger partial charge >= 0.3 is 0 Å². The van der Waals surface area contributed by atoms with Gasteiger partial charge in [0.2, 0.25) is 0 Å². The van der Waals surface area contributed by atoms with Gasteiger partial charge in [0, 0.05) is 6.54 Å². The smallest absolute Gasteiger partial charge is 0.256 e. The van der Waals surface area contributed by atoms with E-state index in [0.717, 1.165) is 12.2 Å². The molecule has 0 aliphatic rings. The SMILES string of the molecule is CCCSCc1noc([C@@H](O)CN)n1. The lowest BCUT2D eigenvalue weighted by atomic mass is 10.4. The van der Waals surface area contributed by atoms with Gasteiger partial charge in [-0.15, -0.1) is 0 Å². The molecule has 0 spiro atoms. The molecule has 1 aromatic heterocycles. The Morgan fingerprint density at radius 1 is 1.64 bits per heavy atom. The van der Waals surface area contributed by atoms with Crippen LogP contribution in [-0.4, -0.2) is 27.5 Å². The molecule has 3 N–H and O–H groups in total. The van der Waals surface area contributed by atoms with Crippen LogP contribution in [0.5, 0.6) is 0 Å². The number of aromatic nitrogens is 2. The maximum absolute atomic E-state index is 9.29. The van der Waals surface area contributed by atoms with Gasteiger partial charge in [0.05, 0.1) is 5.75 Å². The largest absolute Gasteiger partial charge is 0.382 e. The predicted octanol–water partition coefficient (Wildman–Crippen LogP) is 0.705. The van der Waals surface area contributed by atoms with Gasteiger partial charge in [-0.1, -0.05) is 12.1 Å². The van der Waals surface area contributed by atoms with E-state index in [2.05, 4.69) is 17.1 Å². The van der Waals surface area contributed by atoms with Crippen LogP contribution in [0.25, 0.3) is 0 Å². The summed E-state index contributed by atoms with van der Waals surface area (Å²) in [7, 11) is 0. The van der Waals surface area contributed by atoms with Crippen molar-refractivity contribution in [2.45, 2.75) is 25.2 Å². The molecule has 6 heteroatoms. The average molecular weight is 217 g/mol. The van der Waals surface area contributed by atoms with E-state index in [1.54, 1.807) is 11.8 Å². The summed E-state index contributed by atoms with van der Waals surface area (Å²) in [5.74, 6) is 2.61. The fraction of sp³-hybridized carbons (Fsp3) is 0.750. The second-order valence-electron chi connectivity index (χ2n) is 2.85. The molecule has 0 aromatic carbocycles. The van der Waals surface area contributed by atoms with Crippen molar-refractivity contribution >= 4 is 11.8 Å². The van der Waals surface area contributed by atoms with Crippen molar-refractivity contribution in [3.8, 4) is 0 Å². The van der Waals surface area contributed by atoms with Gasteiger partial charge in [-0.25, -0.2) is 0 Å². The standard InChI is InChI=1S/C8H15N3O2S/c1-2-3-14-5-7-10-8(13-11-7)6(12)4-9/h6,12H,2-5,9H2,1H3/t6-/m0/s1. The highest BCUT2D eigenvalue weighted by Gasteiger charge is 2.13. The van der Waals surface area contributed by atoms with Crippen LogP contribution in [0.2, 0.25) is 0 Å². The molecule has 0 amide bonds. The minimum absolute atomic E-state index is 0.101. The number of hydrogen-bond donors (Lipinski definition) is 2. The number of aliphatic hydroxyl groups excluding tert-OH is 1. The Kier molecular flexibility index (Phi) is 4.92. The first-order chi connectivity index (χ1) is 6.77. The molecule has 1 rings (SSSR count). The summed E-state index contributed by atoms with van der Waals surface area (Å²) in [5, 5.41) is 13.0. The van der Waals surface area contributed by atoms with E-state index in [-0.39, 0.29) is 12.4 Å². The monoisotopic (exact) mass is 217 g/mol. The number of thioether (sulfide) groups is 1. The Balaban J connectivity index is 2.42. The van der Waals surface area contributed by atoms with Crippen molar-refractivity contribution < 1.29 is 9.63 Å². The van der Waals surface area contributed by atoms with Gasteiger partial charge in [-0.2, -0.15) is 16.7 Å². The van der Waals surface area contributed by atoms with Crippen molar-refractivity contribution in [2.24, 2.45) is 5.73 Å². The summed E-state index contributed by atoms with van der Waals surface area (Å²) in [4.78, 5) is 4.02. The first-order valence-electron chi connectivity index (χ1n) is 4.56. The highest BCUT2D eigenvalue weighted by molar-refractivity contribution is 7.98. The normalized spacial score (nSPS) is 13.1. The summed E-state index contributed by atoms with van der Waals surface area (Å²) < 4.78 is 4.84. The molecule has 0 fully saturated rings. The van der Waals surface area contributed by atoms with Gasteiger partial charge in [0.1, 0.15) is 6.10 Å². The molecule has 1 atom stereocenters. The average Bonchev–Trinajstić information content (AvgIpc) is 2.66. The summed E-state index contributed by atoms with van der Waals surface area (Å²) in [6, 6.07) is 0. The van der Waals surface area contributed by atoms with E-state index in [0.29, 0.717) is 11.6 Å². The van der Waals surface area contributed by atoms with Crippen LogP contribution in [0, 0.1) is 0 Å². The Labute approximate surface area is 87.1 Å². The van der Waals surface area contributed by atoms with E-state index < -0.39 is 6.10 Å². The maximum atomic E-state index is 9.29. The van der Waals surface area contributed by atoms with Crippen LogP contribution in [0.4, 0.5) is 0 Å². The van der Waals surface area contributed by atoms with E-state index >= 15 is 0 Å². The Morgan fingerprint density at radius 2 is 2.43 bits per heavy atom. The molecular weight excluding hydrogens is 202 g/mol. The molecule has 1 aromatic rings. The molecule has 0 aliphatic heterocycles. The molecule has 0 radical (unpaired) electrons. The fourth-order valence-electron chi connectivity index (χ4n) is 0.870. The van der Waals surface area contributed by atoms with Gasteiger partial charge in [-0.05, 0) is 12.2 Å². The minimum atomic E-state index is -0.840. The van der Waals surface area contributed by atoms with Crippen molar-refractivity contribution in [3.05, 3.63) is 11.7 Å². The van der Waals surface area contributed by atoms with Crippen molar-refractivity contribution in [1.29, 1.82) is 0 Å². The lowest BCUT2D eigenvalue weighted by molar-refractivity contribution is 0.141. The summed E-state index contributed by atoms with van der Waals surface area (Å²) in [5.41, 5.74) is 5.25. The predicted molar refractivity (Wildman–Crippen MR) is 54.8 cm³/mol. The van der Waals surface area contributed by atoms with Crippen LogP contribution in [0.3, 0.4) is 0 Å². The maximum Gasteiger partial charge on any atom is 0.256 e. The number of nitrogens with zero attached hydrogens (tertiary/aromatic N) is 2. The molecule has 5 nitrogen and oxygen atoms in total. The molecule has 14 heavy (non-hydrogen) atoms. The summed E-state index contributed by atoms with van der Waals surface area (Å²) in [6.07, 6.45) is 0.285. The molecule has 0 bridgehead atoms. The highest BCUT2D eigenvalue weighted by atomic mass is 32.2. The van der Waals surface area contributed by atoms with E-state index in [4.69, 9.17) is 10.3 Å². The lowest BCUT2D eigenvalue weighted by Crippen LogP contribution is -2.11.